The van der Waals surface area contributed by atoms with Crippen LogP contribution in [-0.4, -0.2) is 34.9 Å². The highest BCUT2D eigenvalue weighted by Gasteiger charge is 2.68. The van der Waals surface area contributed by atoms with Crippen molar-refractivity contribution in [2.24, 2.45) is 40.4 Å². The van der Waals surface area contributed by atoms with E-state index in [1.165, 1.54) is 43.3 Å². The Kier molecular flexibility index (Phi) is 8.87. The molecule has 4 aliphatic heterocycles. The van der Waals surface area contributed by atoms with Crippen molar-refractivity contribution >= 4 is 33.5 Å². The van der Waals surface area contributed by atoms with Crippen LogP contribution in [0.1, 0.15) is 110 Å². The smallest absolute Gasteiger partial charge is 0.340 e. The molecule has 0 aromatic carbocycles. The van der Waals surface area contributed by atoms with Crippen LogP contribution in [0.3, 0.4) is 0 Å². The molecule has 9 heteroatoms. The predicted octanol–water partition coefficient (Wildman–Crippen LogP) is 8.48. The van der Waals surface area contributed by atoms with Gasteiger partial charge in [-0.25, -0.2) is 9.59 Å². The number of nitrogens with one attached hydrogen (secondary N) is 2. The summed E-state index contributed by atoms with van der Waals surface area (Å²) in [6.07, 6.45) is 25.7. The van der Waals surface area contributed by atoms with E-state index >= 15 is 0 Å². The molecule has 4 heterocycles. The van der Waals surface area contributed by atoms with Crippen molar-refractivity contribution < 1.29 is 24.2 Å². The van der Waals surface area contributed by atoms with Crippen LogP contribution < -0.4 is 10.6 Å². The van der Waals surface area contributed by atoms with Crippen LogP contribution in [0.25, 0.3) is 0 Å². The summed E-state index contributed by atoms with van der Waals surface area (Å²) in [5.74, 6) is 3.69. The number of aliphatic hydroxyl groups is 1. The molecule has 3 saturated carbocycles. The Morgan fingerprint density at radius 3 is 2.62 bits per heavy atom. The first kappa shape index (κ1) is 33.5. The molecule has 7 nitrogen and oxygen atoms in total. The van der Waals surface area contributed by atoms with Crippen LogP contribution in [-0.2, 0) is 19.1 Å². The van der Waals surface area contributed by atoms with Gasteiger partial charge in [-0.05, 0) is 105 Å². The first-order valence-corrected chi connectivity index (χ1v) is 22.0. The van der Waals surface area contributed by atoms with Crippen LogP contribution in [0.15, 0.2) is 69.5 Å². The maximum Gasteiger partial charge on any atom is 0.340 e. The Balaban J connectivity index is 1.19. The first-order chi connectivity index (χ1) is 24.4. The molecule has 1 spiro atoms. The van der Waals surface area contributed by atoms with Crippen LogP contribution in [0.2, 0.25) is 0 Å². The normalized spacial score (nSPS) is 38.7. The highest BCUT2D eigenvalue weighted by atomic mass is 33.1. The molecule has 0 aromatic rings. The standard InChI is InChI=1S/C41H52N2O5S2/c1-2-40(16-6-7-17-40)22-31-29-11-10-28-27-14-18-41(35(28)34(29)37(44)47-31)32-13-12-26(25-8-4-3-5-9-25)39(46)50-49-23-43-33-21-24(15-19-42-33)20-30(27)36(41)38(45)48-32/h13,15,21-22,25-28,35,39,42-43,46H,2-12,14,16-20,23H2,1H3/b31-22-,32-13+/t26-,27+,28+,35-,39-,41+/m1/s1. The lowest BCUT2D eigenvalue weighted by Crippen LogP contribution is -2.52. The molecular weight excluding hydrogens is 665 g/mol. The average molecular weight is 717 g/mol. The Hall–Kier alpha value is -2.36. The molecule has 1 saturated heterocycles. The second-order valence-corrected chi connectivity index (χ2v) is 19.0. The van der Waals surface area contributed by atoms with E-state index in [0.29, 0.717) is 18.2 Å². The highest BCUT2D eigenvalue weighted by molar-refractivity contribution is 8.76. The zero-order chi connectivity index (χ0) is 34.0. The van der Waals surface area contributed by atoms with Gasteiger partial charge >= 0.3 is 11.9 Å². The topological polar surface area (TPSA) is 96.9 Å². The van der Waals surface area contributed by atoms with E-state index in [9.17, 15) is 14.7 Å². The van der Waals surface area contributed by atoms with E-state index in [4.69, 9.17) is 9.47 Å². The van der Waals surface area contributed by atoms with Gasteiger partial charge in [0.05, 0.1) is 22.7 Å². The third-order valence-corrected chi connectivity index (χ3v) is 16.6. The number of cyclic esters (lactones) is 1. The van der Waals surface area contributed by atoms with E-state index in [2.05, 4.69) is 41.9 Å². The van der Waals surface area contributed by atoms with Gasteiger partial charge in [0.15, 0.2) is 0 Å². The lowest BCUT2D eigenvalue weighted by molar-refractivity contribution is -0.135. The van der Waals surface area contributed by atoms with E-state index < -0.39 is 10.9 Å². The summed E-state index contributed by atoms with van der Waals surface area (Å²) in [5, 5.41) is 18.7. The predicted molar refractivity (Wildman–Crippen MR) is 198 cm³/mol. The third-order valence-electron chi connectivity index (χ3n) is 14.3. The molecule has 10 aliphatic rings. The molecule has 0 aromatic heterocycles. The SMILES string of the molecule is CCC1(/C=C2\OC(=O)C3=C2CC[C@H]2[C@@H]4CC[C@@]5(C6=C4CC4=CCNC(=C4)NCSS[C@@H](O)[C@@H](C4CCCCC4)C/C=C\5OC6=O)[C@@H]32)CCCC1. The lowest BCUT2D eigenvalue weighted by atomic mass is 9.44. The molecule has 7 bridgehead atoms. The summed E-state index contributed by atoms with van der Waals surface area (Å²) < 4.78 is 12.8. The fourth-order valence-corrected chi connectivity index (χ4v) is 14.0. The van der Waals surface area contributed by atoms with Crippen molar-refractivity contribution in [3.63, 3.8) is 0 Å². The summed E-state index contributed by atoms with van der Waals surface area (Å²) in [6.45, 7) is 3.00. The number of carbonyl (C=O) groups excluding carboxylic acids is 2. The molecule has 268 valence electrons. The van der Waals surface area contributed by atoms with Crippen molar-refractivity contribution in [1.29, 1.82) is 0 Å². The monoisotopic (exact) mass is 716 g/mol. The molecule has 6 atom stereocenters. The Morgan fingerprint density at radius 2 is 1.80 bits per heavy atom. The van der Waals surface area contributed by atoms with Gasteiger partial charge in [-0.2, -0.15) is 0 Å². The summed E-state index contributed by atoms with van der Waals surface area (Å²) in [6, 6.07) is 0. The minimum absolute atomic E-state index is 0.0665. The Labute approximate surface area is 304 Å². The summed E-state index contributed by atoms with van der Waals surface area (Å²) >= 11 is 0. The average Bonchev–Trinajstić information content (AvgIpc) is 3.82. The van der Waals surface area contributed by atoms with Gasteiger partial charge in [-0.15, -0.1) is 0 Å². The Morgan fingerprint density at radius 1 is 0.960 bits per heavy atom. The maximum absolute atomic E-state index is 14.4. The highest BCUT2D eigenvalue weighted by Crippen LogP contribution is 2.71. The molecule has 50 heavy (non-hydrogen) atoms. The van der Waals surface area contributed by atoms with Crippen LogP contribution in [0, 0.1) is 40.4 Å². The number of rotatable bonds is 3. The summed E-state index contributed by atoms with van der Waals surface area (Å²) in [5.41, 5.74) is 4.11. The third kappa shape index (κ3) is 5.41. The number of aliphatic hydroxyl groups excluding tert-OH is 1. The number of hydrogen-bond acceptors (Lipinski definition) is 9. The summed E-state index contributed by atoms with van der Waals surface area (Å²) in [7, 11) is 3.23. The van der Waals surface area contributed by atoms with Gasteiger partial charge in [0.2, 0.25) is 0 Å². The van der Waals surface area contributed by atoms with Gasteiger partial charge in [-0.1, -0.05) is 85.1 Å². The second kappa shape index (κ2) is 13.2. The fraction of sp³-hybridized carbons (Fsp3) is 0.659. The number of fused-ring (bicyclic) bond motifs is 2. The molecule has 10 rings (SSSR count). The van der Waals surface area contributed by atoms with Crippen molar-refractivity contribution in [2.75, 3.05) is 12.4 Å². The zero-order valence-electron chi connectivity index (χ0n) is 29.4. The number of esters is 2. The summed E-state index contributed by atoms with van der Waals surface area (Å²) in [4.78, 5) is 28.6. The molecule has 6 aliphatic carbocycles. The van der Waals surface area contributed by atoms with Gasteiger partial charge in [-0.3, -0.25) is 0 Å². The van der Waals surface area contributed by atoms with Crippen molar-refractivity contribution in [3.05, 3.63) is 69.5 Å². The number of dihydropyridines is 1. The van der Waals surface area contributed by atoms with Crippen molar-refractivity contribution in [3.8, 4) is 0 Å². The van der Waals surface area contributed by atoms with Gasteiger partial charge in [0.1, 0.15) is 17.0 Å². The van der Waals surface area contributed by atoms with Crippen LogP contribution in [0.4, 0.5) is 0 Å². The number of allylic oxidation sites excluding steroid dienone is 7. The first-order valence-electron chi connectivity index (χ1n) is 19.6. The number of hydrogen-bond donors (Lipinski definition) is 3. The molecule has 0 radical (unpaired) electrons. The molecule has 0 amide bonds. The van der Waals surface area contributed by atoms with Gasteiger partial charge < -0.3 is 25.2 Å². The van der Waals surface area contributed by atoms with Crippen LogP contribution in [0.5, 0.6) is 0 Å². The molecule has 4 fully saturated rings. The minimum Gasteiger partial charge on any atom is -0.427 e. The van der Waals surface area contributed by atoms with E-state index in [0.717, 1.165) is 105 Å². The number of ether oxygens (including phenoxy) is 2. The molecule has 3 N–H and O–H groups in total. The maximum atomic E-state index is 14.4. The molecular formula is C41H52N2O5S2. The second-order valence-electron chi connectivity index (χ2n) is 16.5. The largest absolute Gasteiger partial charge is 0.427 e. The lowest BCUT2D eigenvalue weighted by Gasteiger charge is -2.56. The van der Waals surface area contributed by atoms with Crippen molar-refractivity contribution in [2.45, 2.75) is 115 Å². The van der Waals surface area contributed by atoms with E-state index in [1.807, 2.05) is 0 Å². The van der Waals surface area contributed by atoms with E-state index in [-0.39, 0.29) is 41.0 Å². The minimum atomic E-state index is -0.670. The van der Waals surface area contributed by atoms with Gasteiger partial charge in [0.25, 0.3) is 0 Å². The Bertz CT molecular complexity index is 1640. The van der Waals surface area contributed by atoms with E-state index in [1.54, 1.807) is 21.6 Å². The zero-order valence-corrected chi connectivity index (χ0v) is 31.0. The van der Waals surface area contributed by atoms with Crippen LogP contribution >= 0.6 is 21.6 Å². The number of carbonyl (C=O) groups is 2. The fourth-order valence-electron chi connectivity index (χ4n) is 11.9. The van der Waals surface area contributed by atoms with Gasteiger partial charge in [0, 0.05) is 29.5 Å². The molecule has 0 unspecified atom stereocenters. The van der Waals surface area contributed by atoms with Crippen molar-refractivity contribution in [1.82, 2.24) is 10.6 Å². The quantitative estimate of drug-likeness (QED) is 0.196.